The number of hydrogen-bond donors (Lipinski definition) is 1. The fourth-order valence-corrected chi connectivity index (χ4v) is 4.88. The second-order valence-electron chi connectivity index (χ2n) is 8.67. The molecule has 1 aromatic carbocycles. The monoisotopic (exact) mass is 398 g/mol. The first-order valence-corrected chi connectivity index (χ1v) is 11.3. The molecular weight excluding hydrogens is 364 g/mol. The van der Waals surface area contributed by atoms with Gasteiger partial charge < -0.3 is 15.1 Å². The summed E-state index contributed by atoms with van der Waals surface area (Å²) >= 11 is 0. The van der Waals surface area contributed by atoms with E-state index < -0.39 is 0 Å². The summed E-state index contributed by atoms with van der Waals surface area (Å²) in [5.41, 5.74) is 2.91. The molecule has 0 spiro atoms. The second-order valence-corrected chi connectivity index (χ2v) is 8.67. The Balaban J connectivity index is 1.12. The second kappa shape index (κ2) is 9.61. The molecule has 2 fully saturated rings. The summed E-state index contributed by atoms with van der Waals surface area (Å²) in [4.78, 5) is 31.3. The maximum absolute atomic E-state index is 12.5. The normalized spacial score (nSPS) is 20.6. The number of nitrogens with one attached hydrogen (secondary N) is 1. The van der Waals surface area contributed by atoms with E-state index in [1.54, 1.807) is 0 Å². The van der Waals surface area contributed by atoms with Crippen molar-refractivity contribution in [2.45, 2.75) is 45.1 Å². The molecule has 3 aliphatic rings. The number of urea groups is 1. The average Bonchev–Trinajstić information content (AvgIpc) is 3.31. The number of benzene rings is 1. The zero-order chi connectivity index (χ0) is 20.1. The van der Waals surface area contributed by atoms with Crippen molar-refractivity contribution in [2.24, 2.45) is 5.92 Å². The maximum Gasteiger partial charge on any atom is 0.317 e. The first-order chi connectivity index (χ1) is 14.2. The Morgan fingerprint density at radius 2 is 1.66 bits per heavy atom. The van der Waals surface area contributed by atoms with Crippen molar-refractivity contribution in [3.05, 3.63) is 35.4 Å². The van der Waals surface area contributed by atoms with Gasteiger partial charge >= 0.3 is 6.03 Å². The van der Waals surface area contributed by atoms with Gasteiger partial charge in [-0.2, -0.15) is 0 Å². The molecule has 0 aliphatic carbocycles. The number of nitrogens with zero attached hydrogens (tertiary/aromatic N) is 3. The number of carbonyl (C=O) groups excluding carboxylic acids is 2. The average molecular weight is 399 g/mol. The zero-order valence-electron chi connectivity index (χ0n) is 17.4. The summed E-state index contributed by atoms with van der Waals surface area (Å²) in [6.45, 7) is 7.07. The van der Waals surface area contributed by atoms with Crippen molar-refractivity contribution < 1.29 is 9.59 Å². The molecule has 4 rings (SSSR count). The van der Waals surface area contributed by atoms with E-state index in [2.05, 4.69) is 34.5 Å². The number of fused-ring (bicyclic) bond motifs is 1. The van der Waals surface area contributed by atoms with Crippen molar-refractivity contribution in [3.8, 4) is 0 Å². The number of carbonyl (C=O) groups is 2. The Hall–Kier alpha value is -2.08. The van der Waals surface area contributed by atoms with Crippen molar-refractivity contribution >= 4 is 11.9 Å². The van der Waals surface area contributed by atoms with Gasteiger partial charge in [-0.25, -0.2) is 4.79 Å². The van der Waals surface area contributed by atoms with Gasteiger partial charge in [0.2, 0.25) is 5.91 Å². The molecule has 0 bridgehead atoms. The highest BCUT2D eigenvalue weighted by molar-refractivity contribution is 5.80. The maximum atomic E-state index is 12.5. The van der Waals surface area contributed by atoms with E-state index in [-0.39, 0.29) is 11.9 Å². The highest BCUT2D eigenvalue weighted by Crippen LogP contribution is 2.22. The molecule has 0 saturated carbocycles. The van der Waals surface area contributed by atoms with Gasteiger partial charge in [-0.3, -0.25) is 9.69 Å². The SMILES string of the molecule is O=C(NCCCN1CCc2ccccc2C1)N1CCC(C(=O)N2CCCC2)CC1. The van der Waals surface area contributed by atoms with Gasteiger partial charge in [0.25, 0.3) is 0 Å². The minimum atomic E-state index is 0.0288. The summed E-state index contributed by atoms with van der Waals surface area (Å²) < 4.78 is 0. The van der Waals surface area contributed by atoms with Crippen LogP contribution in [-0.4, -0.2) is 72.5 Å². The molecule has 0 unspecified atom stereocenters. The van der Waals surface area contributed by atoms with Gasteiger partial charge in [-0.15, -0.1) is 0 Å². The van der Waals surface area contributed by atoms with E-state index in [1.165, 1.54) is 11.1 Å². The lowest BCUT2D eigenvalue weighted by atomic mass is 9.95. The van der Waals surface area contributed by atoms with Crippen LogP contribution < -0.4 is 5.32 Å². The Bertz CT molecular complexity index is 709. The van der Waals surface area contributed by atoms with Gasteiger partial charge in [0, 0.05) is 58.3 Å². The van der Waals surface area contributed by atoms with Crippen LogP contribution in [0.2, 0.25) is 0 Å². The van der Waals surface area contributed by atoms with Crippen LogP contribution >= 0.6 is 0 Å². The van der Waals surface area contributed by atoms with Gasteiger partial charge in [-0.1, -0.05) is 24.3 Å². The fourth-order valence-electron chi connectivity index (χ4n) is 4.88. The molecule has 2 saturated heterocycles. The van der Waals surface area contributed by atoms with E-state index >= 15 is 0 Å². The zero-order valence-corrected chi connectivity index (χ0v) is 17.4. The molecule has 0 aromatic heterocycles. The molecule has 1 aromatic rings. The highest BCUT2D eigenvalue weighted by atomic mass is 16.2. The predicted molar refractivity (Wildman–Crippen MR) is 114 cm³/mol. The summed E-state index contributed by atoms with van der Waals surface area (Å²) in [5, 5.41) is 3.08. The van der Waals surface area contributed by atoms with Gasteiger partial charge in [0.1, 0.15) is 0 Å². The van der Waals surface area contributed by atoms with Crippen LogP contribution in [-0.2, 0) is 17.8 Å². The first kappa shape index (κ1) is 20.2. The van der Waals surface area contributed by atoms with Gasteiger partial charge in [0.05, 0.1) is 0 Å². The predicted octanol–water partition coefficient (Wildman–Crippen LogP) is 2.48. The summed E-state index contributed by atoms with van der Waals surface area (Å²) in [6.07, 6.45) is 5.96. The quantitative estimate of drug-likeness (QED) is 0.776. The number of piperidine rings is 1. The first-order valence-electron chi connectivity index (χ1n) is 11.3. The fraction of sp³-hybridized carbons (Fsp3) is 0.652. The van der Waals surface area contributed by atoms with E-state index in [0.29, 0.717) is 25.5 Å². The molecule has 6 nitrogen and oxygen atoms in total. The van der Waals surface area contributed by atoms with Crippen LogP contribution in [0, 0.1) is 5.92 Å². The molecule has 29 heavy (non-hydrogen) atoms. The standard InChI is InChI=1S/C23H34N4O2/c28-22(26-13-3-4-14-26)20-9-16-27(17-10-20)23(29)24-11-5-12-25-15-8-19-6-1-2-7-21(19)18-25/h1-2,6-7,20H,3-5,8-18H2,(H,24,29). The topological polar surface area (TPSA) is 55.9 Å². The lowest BCUT2D eigenvalue weighted by Crippen LogP contribution is -2.47. The number of amides is 3. The summed E-state index contributed by atoms with van der Waals surface area (Å²) in [5.74, 6) is 0.421. The smallest absolute Gasteiger partial charge is 0.317 e. The van der Waals surface area contributed by atoms with E-state index in [4.69, 9.17) is 0 Å². The lowest BCUT2D eigenvalue weighted by Gasteiger charge is -2.33. The third kappa shape index (κ3) is 5.10. The largest absolute Gasteiger partial charge is 0.342 e. The van der Waals surface area contributed by atoms with Crippen LogP contribution in [0.1, 0.15) is 43.2 Å². The van der Waals surface area contributed by atoms with Crippen LogP contribution in [0.3, 0.4) is 0 Å². The number of likely N-dealkylation sites (tertiary alicyclic amines) is 2. The molecular formula is C23H34N4O2. The Morgan fingerprint density at radius 1 is 0.931 bits per heavy atom. The lowest BCUT2D eigenvalue weighted by molar-refractivity contribution is -0.135. The number of hydrogen-bond acceptors (Lipinski definition) is 3. The van der Waals surface area contributed by atoms with Crippen molar-refractivity contribution in [1.82, 2.24) is 20.0 Å². The van der Waals surface area contributed by atoms with E-state index in [0.717, 1.165) is 71.2 Å². The molecule has 1 N–H and O–H groups in total. The third-order valence-electron chi connectivity index (χ3n) is 6.69. The van der Waals surface area contributed by atoms with Crippen LogP contribution in [0.25, 0.3) is 0 Å². The van der Waals surface area contributed by atoms with Crippen LogP contribution in [0.15, 0.2) is 24.3 Å². The third-order valence-corrected chi connectivity index (χ3v) is 6.69. The molecule has 0 atom stereocenters. The Labute approximate surface area is 174 Å². The number of rotatable bonds is 5. The molecule has 0 radical (unpaired) electrons. The van der Waals surface area contributed by atoms with Crippen molar-refractivity contribution in [1.29, 1.82) is 0 Å². The van der Waals surface area contributed by atoms with Crippen molar-refractivity contribution in [3.63, 3.8) is 0 Å². The molecule has 3 amide bonds. The summed E-state index contributed by atoms with van der Waals surface area (Å²) in [7, 11) is 0. The molecule has 6 heteroatoms. The Kier molecular flexibility index (Phi) is 6.70. The van der Waals surface area contributed by atoms with Crippen LogP contribution in [0.5, 0.6) is 0 Å². The van der Waals surface area contributed by atoms with Crippen molar-refractivity contribution in [2.75, 3.05) is 45.8 Å². The van der Waals surface area contributed by atoms with Gasteiger partial charge in [-0.05, 0) is 49.7 Å². The van der Waals surface area contributed by atoms with Crippen LogP contribution in [0.4, 0.5) is 4.79 Å². The minimum absolute atomic E-state index is 0.0288. The van der Waals surface area contributed by atoms with E-state index in [9.17, 15) is 9.59 Å². The Morgan fingerprint density at radius 3 is 2.41 bits per heavy atom. The summed E-state index contributed by atoms with van der Waals surface area (Å²) in [6, 6.07) is 8.72. The molecule has 3 heterocycles. The minimum Gasteiger partial charge on any atom is -0.342 e. The molecule has 3 aliphatic heterocycles. The van der Waals surface area contributed by atoms with E-state index in [1.807, 2.05) is 9.80 Å². The van der Waals surface area contributed by atoms with Gasteiger partial charge in [0.15, 0.2) is 0 Å². The molecule has 158 valence electrons. The highest BCUT2D eigenvalue weighted by Gasteiger charge is 2.31.